The highest BCUT2D eigenvalue weighted by molar-refractivity contribution is 9.10. The largest absolute Gasteiger partial charge is 1.00 e. The van der Waals surface area contributed by atoms with Crippen LogP contribution in [0.25, 0.3) is 0 Å². The summed E-state index contributed by atoms with van der Waals surface area (Å²) in [5.41, 5.74) is 1.42. The quantitative estimate of drug-likeness (QED) is 0.690. The summed E-state index contributed by atoms with van der Waals surface area (Å²) in [6.07, 6.45) is 2.43. The van der Waals surface area contributed by atoms with E-state index < -0.39 is 0 Å². The van der Waals surface area contributed by atoms with Crippen LogP contribution in [-0.4, -0.2) is 20.6 Å². The highest BCUT2D eigenvalue weighted by Crippen LogP contribution is 2.16. The Balaban J connectivity index is 0.00000169. The Kier molecular flexibility index (Phi) is 7.51. The SMILES string of the molecule is C[NH+](C)CCCc1ccccc1Br.[Br-]. The van der Waals surface area contributed by atoms with Gasteiger partial charge in [0, 0.05) is 10.9 Å². The average molecular weight is 323 g/mol. The fraction of sp³-hybridized carbons (Fsp3) is 0.455. The molecule has 0 amide bonds. The third-order valence-electron chi connectivity index (χ3n) is 2.08. The van der Waals surface area contributed by atoms with Gasteiger partial charge in [0.25, 0.3) is 0 Å². The van der Waals surface area contributed by atoms with E-state index in [-0.39, 0.29) is 17.0 Å². The van der Waals surface area contributed by atoms with E-state index in [1.165, 1.54) is 34.3 Å². The molecule has 1 aromatic carbocycles. The minimum atomic E-state index is 0. The highest BCUT2D eigenvalue weighted by Gasteiger charge is 1.99. The zero-order chi connectivity index (χ0) is 9.68. The summed E-state index contributed by atoms with van der Waals surface area (Å²) in [7, 11) is 4.39. The molecule has 0 radical (unpaired) electrons. The number of hydrogen-bond acceptors (Lipinski definition) is 0. The Morgan fingerprint density at radius 2 is 1.86 bits per heavy atom. The molecule has 0 unspecified atom stereocenters. The molecule has 0 spiro atoms. The molecule has 1 N–H and O–H groups in total. The minimum Gasteiger partial charge on any atom is -1.00 e. The van der Waals surface area contributed by atoms with Crippen molar-refractivity contribution in [3.8, 4) is 0 Å². The predicted octanol–water partition coefficient (Wildman–Crippen LogP) is -1.47. The molecule has 0 saturated heterocycles. The lowest BCUT2D eigenvalue weighted by Gasteiger charge is -2.07. The third kappa shape index (κ3) is 5.13. The highest BCUT2D eigenvalue weighted by atomic mass is 79.9. The van der Waals surface area contributed by atoms with Crippen molar-refractivity contribution in [2.45, 2.75) is 12.8 Å². The molecule has 14 heavy (non-hydrogen) atoms. The molecular formula is C11H17Br2N. The van der Waals surface area contributed by atoms with Gasteiger partial charge >= 0.3 is 0 Å². The van der Waals surface area contributed by atoms with Crippen LogP contribution in [0.5, 0.6) is 0 Å². The van der Waals surface area contributed by atoms with E-state index in [2.05, 4.69) is 54.3 Å². The number of nitrogens with one attached hydrogen (secondary N) is 1. The summed E-state index contributed by atoms with van der Waals surface area (Å²) >= 11 is 3.56. The molecule has 0 bridgehead atoms. The zero-order valence-electron chi connectivity index (χ0n) is 8.69. The summed E-state index contributed by atoms with van der Waals surface area (Å²) < 4.78 is 1.24. The van der Waals surface area contributed by atoms with Gasteiger partial charge in [0.1, 0.15) is 0 Å². The van der Waals surface area contributed by atoms with E-state index in [9.17, 15) is 0 Å². The molecule has 0 aliphatic carbocycles. The van der Waals surface area contributed by atoms with Crippen molar-refractivity contribution >= 4 is 15.9 Å². The predicted molar refractivity (Wildman–Crippen MR) is 60.1 cm³/mol. The molecule has 3 heteroatoms. The van der Waals surface area contributed by atoms with Crippen molar-refractivity contribution in [2.75, 3.05) is 20.6 Å². The Morgan fingerprint density at radius 1 is 1.21 bits per heavy atom. The Labute approximate surface area is 105 Å². The van der Waals surface area contributed by atoms with Gasteiger partial charge in [0.2, 0.25) is 0 Å². The summed E-state index contributed by atoms with van der Waals surface area (Å²) in [5, 5.41) is 0. The topological polar surface area (TPSA) is 4.44 Å². The lowest BCUT2D eigenvalue weighted by molar-refractivity contribution is -0.858. The number of aryl methyl sites for hydroxylation is 1. The Morgan fingerprint density at radius 3 is 2.43 bits per heavy atom. The van der Waals surface area contributed by atoms with E-state index in [4.69, 9.17) is 0 Å². The zero-order valence-corrected chi connectivity index (χ0v) is 11.9. The average Bonchev–Trinajstić information content (AvgIpc) is 2.08. The van der Waals surface area contributed by atoms with Crippen molar-refractivity contribution in [3.63, 3.8) is 0 Å². The van der Waals surface area contributed by atoms with E-state index >= 15 is 0 Å². The molecule has 1 aromatic rings. The Bertz CT molecular complexity index is 261. The lowest BCUT2D eigenvalue weighted by atomic mass is 10.1. The Hall–Kier alpha value is 0.140. The smallest absolute Gasteiger partial charge is 0.0770 e. The third-order valence-corrected chi connectivity index (χ3v) is 2.85. The fourth-order valence-corrected chi connectivity index (χ4v) is 1.82. The molecule has 80 valence electrons. The van der Waals surface area contributed by atoms with Gasteiger partial charge in [-0.1, -0.05) is 34.1 Å². The first-order valence-corrected chi connectivity index (χ1v) is 5.52. The summed E-state index contributed by atoms with van der Waals surface area (Å²) in [5.74, 6) is 0. The maximum absolute atomic E-state index is 3.56. The molecule has 0 aliphatic rings. The molecule has 0 saturated carbocycles. The molecule has 0 aliphatic heterocycles. The summed E-state index contributed by atoms with van der Waals surface area (Å²) in [6.45, 7) is 1.24. The second-order valence-corrected chi connectivity index (χ2v) is 4.51. The van der Waals surface area contributed by atoms with Crippen LogP contribution in [0.3, 0.4) is 0 Å². The normalized spacial score (nSPS) is 10.0. The molecule has 1 rings (SSSR count). The van der Waals surface area contributed by atoms with Crippen molar-refractivity contribution in [1.29, 1.82) is 0 Å². The van der Waals surface area contributed by atoms with Crippen molar-refractivity contribution < 1.29 is 21.9 Å². The molecule has 1 nitrogen and oxygen atoms in total. The van der Waals surface area contributed by atoms with Crippen LogP contribution in [0.1, 0.15) is 12.0 Å². The van der Waals surface area contributed by atoms with Gasteiger partial charge in [-0.15, -0.1) is 0 Å². The lowest BCUT2D eigenvalue weighted by Crippen LogP contribution is -3.05. The molecule has 0 aromatic heterocycles. The number of rotatable bonds is 4. The molecule has 0 fully saturated rings. The fourth-order valence-electron chi connectivity index (χ4n) is 1.33. The van der Waals surface area contributed by atoms with Crippen LogP contribution < -0.4 is 21.9 Å². The molecular weight excluding hydrogens is 306 g/mol. The summed E-state index contributed by atoms with van der Waals surface area (Å²) in [6, 6.07) is 8.46. The maximum Gasteiger partial charge on any atom is 0.0770 e. The van der Waals surface area contributed by atoms with Crippen LogP contribution in [0.4, 0.5) is 0 Å². The van der Waals surface area contributed by atoms with Crippen molar-refractivity contribution in [1.82, 2.24) is 0 Å². The van der Waals surface area contributed by atoms with E-state index in [0.717, 1.165) is 0 Å². The van der Waals surface area contributed by atoms with Gasteiger partial charge in [-0.2, -0.15) is 0 Å². The van der Waals surface area contributed by atoms with Gasteiger partial charge in [-0.25, -0.2) is 0 Å². The van der Waals surface area contributed by atoms with Crippen LogP contribution in [0.15, 0.2) is 28.7 Å². The van der Waals surface area contributed by atoms with E-state index in [1.54, 1.807) is 0 Å². The number of quaternary nitrogens is 1. The summed E-state index contributed by atoms with van der Waals surface area (Å²) in [4.78, 5) is 1.52. The first kappa shape index (κ1) is 14.1. The van der Waals surface area contributed by atoms with Gasteiger partial charge in [0.05, 0.1) is 20.6 Å². The number of halogens is 2. The molecule has 0 heterocycles. The first-order valence-electron chi connectivity index (χ1n) is 4.72. The van der Waals surface area contributed by atoms with Crippen LogP contribution in [0.2, 0.25) is 0 Å². The van der Waals surface area contributed by atoms with Gasteiger partial charge in [0.15, 0.2) is 0 Å². The molecule has 0 atom stereocenters. The van der Waals surface area contributed by atoms with Crippen LogP contribution in [0, 0.1) is 0 Å². The van der Waals surface area contributed by atoms with E-state index in [0.29, 0.717) is 0 Å². The minimum absolute atomic E-state index is 0. The van der Waals surface area contributed by atoms with Crippen molar-refractivity contribution in [3.05, 3.63) is 34.3 Å². The monoisotopic (exact) mass is 321 g/mol. The first-order chi connectivity index (χ1) is 6.20. The maximum atomic E-state index is 3.56. The van der Waals surface area contributed by atoms with Crippen molar-refractivity contribution in [2.24, 2.45) is 0 Å². The van der Waals surface area contributed by atoms with Crippen LogP contribution in [-0.2, 0) is 6.42 Å². The second-order valence-electron chi connectivity index (χ2n) is 3.65. The van der Waals surface area contributed by atoms with Gasteiger partial charge in [-0.3, -0.25) is 0 Å². The number of hydrogen-bond donors (Lipinski definition) is 1. The van der Waals surface area contributed by atoms with Gasteiger partial charge < -0.3 is 21.9 Å². The van der Waals surface area contributed by atoms with Crippen LogP contribution >= 0.6 is 15.9 Å². The van der Waals surface area contributed by atoms with E-state index in [1.807, 2.05) is 0 Å². The second kappa shape index (κ2) is 7.43. The van der Waals surface area contributed by atoms with Gasteiger partial charge in [-0.05, 0) is 18.1 Å². The standard InChI is InChI=1S/C11H16BrN.BrH/c1-13(2)9-5-7-10-6-3-4-8-11(10)12;/h3-4,6,8H,5,7,9H2,1-2H3;1H. The number of benzene rings is 1.